The number of benzene rings is 1. The van der Waals surface area contributed by atoms with E-state index in [9.17, 15) is 18.0 Å². The van der Waals surface area contributed by atoms with Crippen LogP contribution in [0.2, 0.25) is 0 Å². The Hall–Kier alpha value is -2.99. The summed E-state index contributed by atoms with van der Waals surface area (Å²) in [4.78, 5) is 28.2. The number of aliphatic carboxylic acids is 1. The molecule has 1 aromatic carbocycles. The molecule has 0 radical (unpaired) electrons. The van der Waals surface area contributed by atoms with Gasteiger partial charge in [-0.1, -0.05) is 19.0 Å². The summed E-state index contributed by atoms with van der Waals surface area (Å²) >= 11 is 1.57. The topological polar surface area (TPSA) is 109 Å². The summed E-state index contributed by atoms with van der Waals surface area (Å²) in [5.41, 5.74) is 2.73. The number of hydrogen-bond donors (Lipinski definition) is 2. The predicted octanol–water partition coefficient (Wildman–Crippen LogP) is 4.35. The molecule has 0 aliphatic carbocycles. The summed E-state index contributed by atoms with van der Waals surface area (Å²) in [6.45, 7) is 9.98. The number of hydrogen-bond acceptors (Lipinski definition) is 7. The van der Waals surface area contributed by atoms with E-state index in [2.05, 4.69) is 34.2 Å². The van der Waals surface area contributed by atoms with Gasteiger partial charge < -0.3 is 19.8 Å². The number of thiazole rings is 1. The second kappa shape index (κ2) is 11.8. The SMILES string of the molecule is CCN(CC)CCCNC(=O)c1ccc2onc(-c3csc(C)n3)c2c1.O=C(O)C(F)(F)F. The van der Waals surface area contributed by atoms with Crippen molar-refractivity contribution in [3.63, 3.8) is 0 Å². The van der Waals surface area contributed by atoms with Crippen molar-refractivity contribution in [3.8, 4) is 11.4 Å². The molecule has 3 aromatic rings. The zero-order valence-electron chi connectivity index (χ0n) is 18.4. The summed E-state index contributed by atoms with van der Waals surface area (Å²) in [6.07, 6.45) is -4.15. The fraction of sp³-hybridized carbons (Fsp3) is 0.429. The number of alkyl halides is 3. The van der Waals surface area contributed by atoms with Crippen LogP contribution in [0.1, 0.15) is 35.6 Å². The molecule has 2 heterocycles. The number of carbonyl (C=O) groups is 2. The van der Waals surface area contributed by atoms with Gasteiger partial charge in [0.2, 0.25) is 0 Å². The van der Waals surface area contributed by atoms with E-state index in [0.717, 1.165) is 42.1 Å². The Labute approximate surface area is 192 Å². The Kier molecular flexibility index (Phi) is 9.35. The molecule has 33 heavy (non-hydrogen) atoms. The summed E-state index contributed by atoms with van der Waals surface area (Å²) in [5, 5.41) is 18.0. The smallest absolute Gasteiger partial charge is 0.475 e. The van der Waals surface area contributed by atoms with Gasteiger partial charge in [-0.3, -0.25) is 4.79 Å². The molecule has 0 aliphatic rings. The highest BCUT2D eigenvalue weighted by Crippen LogP contribution is 2.29. The first-order valence-electron chi connectivity index (χ1n) is 10.2. The van der Waals surface area contributed by atoms with Crippen LogP contribution < -0.4 is 5.32 Å². The monoisotopic (exact) mass is 486 g/mol. The summed E-state index contributed by atoms with van der Waals surface area (Å²) in [6, 6.07) is 5.38. The molecule has 2 N–H and O–H groups in total. The van der Waals surface area contributed by atoms with Crippen molar-refractivity contribution >= 4 is 34.2 Å². The maximum atomic E-state index is 12.5. The molecule has 0 saturated heterocycles. The molecule has 0 unspecified atom stereocenters. The third-order valence-electron chi connectivity index (χ3n) is 4.67. The van der Waals surface area contributed by atoms with Crippen LogP contribution in [-0.2, 0) is 4.79 Å². The summed E-state index contributed by atoms with van der Waals surface area (Å²) < 4.78 is 37.1. The van der Waals surface area contributed by atoms with Crippen LogP contribution in [0.3, 0.4) is 0 Å². The first-order valence-corrected chi connectivity index (χ1v) is 11.1. The van der Waals surface area contributed by atoms with Gasteiger partial charge in [0, 0.05) is 17.5 Å². The molecule has 0 atom stereocenters. The van der Waals surface area contributed by atoms with E-state index in [0.29, 0.717) is 23.4 Å². The minimum absolute atomic E-state index is 0.0759. The van der Waals surface area contributed by atoms with Gasteiger partial charge in [-0.2, -0.15) is 13.2 Å². The largest absolute Gasteiger partial charge is 0.490 e. The number of aromatic nitrogens is 2. The molecule has 0 fully saturated rings. The fourth-order valence-corrected chi connectivity index (χ4v) is 3.48. The van der Waals surface area contributed by atoms with Crippen molar-refractivity contribution in [2.75, 3.05) is 26.2 Å². The lowest BCUT2D eigenvalue weighted by atomic mass is 10.1. The van der Waals surface area contributed by atoms with Crippen LogP contribution in [0.25, 0.3) is 22.4 Å². The van der Waals surface area contributed by atoms with E-state index in [1.807, 2.05) is 18.4 Å². The molecule has 8 nitrogen and oxygen atoms in total. The third-order valence-corrected chi connectivity index (χ3v) is 5.44. The van der Waals surface area contributed by atoms with Crippen LogP contribution in [0.15, 0.2) is 28.1 Å². The normalized spacial score (nSPS) is 11.4. The number of nitrogens with one attached hydrogen (secondary N) is 1. The van der Waals surface area contributed by atoms with Crippen LogP contribution in [0, 0.1) is 6.92 Å². The van der Waals surface area contributed by atoms with Crippen molar-refractivity contribution in [2.24, 2.45) is 0 Å². The van der Waals surface area contributed by atoms with Gasteiger partial charge in [-0.15, -0.1) is 11.3 Å². The minimum atomic E-state index is -5.08. The van der Waals surface area contributed by atoms with Gasteiger partial charge in [-0.05, 0) is 51.2 Å². The van der Waals surface area contributed by atoms with Crippen molar-refractivity contribution in [1.29, 1.82) is 0 Å². The van der Waals surface area contributed by atoms with Crippen LogP contribution in [-0.4, -0.2) is 64.4 Å². The van der Waals surface area contributed by atoms with E-state index in [1.165, 1.54) is 0 Å². The lowest BCUT2D eigenvalue weighted by Crippen LogP contribution is -2.29. The number of fused-ring (bicyclic) bond motifs is 1. The van der Waals surface area contributed by atoms with Gasteiger partial charge in [0.05, 0.1) is 10.4 Å². The highest BCUT2D eigenvalue weighted by molar-refractivity contribution is 7.09. The second-order valence-electron chi connectivity index (χ2n) is 6.93. The number of rotatable bonds is 8. The Morgan fingerprint density at radius 1 is 1.24 bits per heavy atom. The van der Waals surface area contributed by atoms with Gasteiger partial charge in [0.25, 0.3) is 5.91 Å². The average Bonchev–Trinajstić information content (AvgIpc) is 3.38. The Bertz CT molecular complexity index is 1080. The Balaban J connectivity index is 0.000000479. The van der Waals surface area contributed by atoms with Gasteiger partial charge >= 0.3 is 12.1 Å². The zero-order chi connectivity index (χ0) is 24.6. The van der Waals surface area contributed by atoms with Gasteiger partial charge in [-0.25, -0.2) is 9.78 Å². The van der Waals surface area contributed by atoms with Crippen molar-refractivity contribution in [1.82, 2.24) is 20.4 Å². The van der Waals surface area contributed by atoms with Crippen molar-refractivity contribution in [2.45, 2.75) is 33.4 Å². The van der Waals surface area contributed by atoms with E-state index >= 15 is 0 Å². The molecule has 180 valence electrons. The Morgan fingerprint density at radius 2 is 1.91 bits per heavy atom. The van der Waals surface area contributed by atoms with E-state index in [-0.39, 0.29) is 5.91 Å². The fourth-order valence-electron chi connectivity index (χ4n) is 2.88. The standard InChI is InChI=1S/C19H24N4O2S.C2HF3O2/c1-4-23(5-2)10-6-9-20-19(24)14-7-8-17-15(11-14)18(22-25-17)16-12-26-13(3)21-16;3-2(4,5)1(6)7/h7-8,11-12H,4-6,9-10H2,1-3H3,(H,20,24);(H,6,7). The van der Waals surface area contributed by atoms with E-state index < -0.39 is 12.1 Å². The zero-order valence-corrected chi connectivity index (χ0v) is 19.2. The third kappa shape index (κ3) is 7.53. The molecule has 0 saturated carbocycles. The number of nitrogens with zero attached hydrogens (tertiary/aromatic N) is 3. The van der Waals surface area contributed by atoms with Gasteiger partial charge in [0.1, 0.15) is 11.4 Å². The number of halogens is 3. The molecular weight excluding hydrogens is 461 g/mol. The number of amides is 1. The first-order chi connectivity index (χ1) is 15.6. The van der Waals surface area contributed by atoms with Crippen LogP contribution in [0.4, 0.5) is 13.2 Å². The number of carboxylic acid groups (broad SMARTS) is 1. The van der Waals surface area contributed by atoms with Gasteiger partial charge in [0.15, 0.2) is 5.58 Å². The molecule has 2 aromatic heterocycles. The number of carbonyl (C=O) groups excluding carboxylic acids is 1. The Morgan fingerprint density at radius 3 is 2.45 bits per heavy atom. The second-order valence-corrected chi connectivity index (χ2v) is 8.00. The highest BCUT2D eigenvalue weighted by Gasteiger charge is 2.38. The first kappa shape index (κ1) is 26.3. The maximum Gasteiger partial charge on any atom is 0.490 e. The molecule has 3 rings (SSSR count). The maximum absolute atomic E-state index is 12.5. The summed E-state index contributed by atoms with van der Waals surface area (Å²) in [5.74, 6) is -2.83. The molecule has 12 heteroatoms. The number of aryl methyl sites for hydroxylation is 1. The minimum Gasteiger partial charge on any atom is -0.475 e. The average molecular weight is 487 g/mol. The van der Waals surface area contributed by atoms with E-state index in [1.54, 1.807) is 23.5 Å². The van der Waals surface area contributed by atoms with Crippen molar-refractivity contribution < 1.29 is 32.4 Å². The lowest BCUT2D eigenvalue weighted by molar-refractivity contribution is -0.192. The van der Waals surface area contributed by atoms with E-state index in [4.69, 9.17) is 14.4 Å². The molecule has 0 aliphatic heterocycles. The summed E-state index contributed by atoms with van der Waals surface area (Å²) in [7, 11) is 0. The molecule has 0 spiro atoms. The van der Waals surface area contributed by atoms with Crippen LogP contribution in [0.5, 0.6) is 0 Å². The molecule has 1 amide bonds. The highest BCUT2D eigenvalue weighted by atomic mass is 32.1. The molecular formula is C21H25F3N4O4S. The predicted molar refractivity (Wildman–Crippen MR) is 118 cm³/mol. The van der Waals surface area contributed by atoms with Crippen molar-refractivity contribution in [3.05, 3.63) is 34.2 Å². The lowest BCUT2D eigenvalue weighted by Gasteiger charge is -2.17. The molecule has 0 bridgehead atoms. The number of carboxylic acids is 1. The quantitative estimate of drug-likeness (QED) is 0.456. The van der Waals surface area contributed by atoms with Crippen LogP contribution >= 0.6 is 11.3 Å².